The van der Waals surface area contributed by atoms with Crippen LogP contribution in [0.5, 0.6) is 0 Å². The Labute approximate surface area is 145 Å². The molecule has 6 heteroatoms. The standard InChI is InChI=1S/C18H20N2O3S/c1-11-10-24-17(20-11)13-6-4-5-12(7-13)9-19-16(22)14-8-15(21)23-18(14,2)3/h4-7,10,14H,8-9H2,1-3H3,(H,19,22)/t14-/m0/s1. The minimum atomic E-state index is -0.749. The molecule has 3 rings (SSSR count). The lowest BCUT2D eigenvalue weighted by Crippen LogP contribution is -2.40. The number of hydrogen-bond donors (Lipinski definition) is 1. The molecule has 0 bridgehead atoms. The van der Waals surface area contributed by atoms with Crippen LogP contribution in [0.2, 0.25) is 0 Å². The molecule has 1 aromatic carbocycles. The van der Waals surface area contributed by atoms with Gasteiger partial charge in [-0.25, -0.2) is 4.98 Å². The largest absolute Gasteiger partial charge is 0.459 e. The first-order chi connectivity index (χ1) is 11.3. The molecule has 1 fully saturated rings. The minimum Gasteiger partial charge on any atom is -0.459 e. The second-order valence-electron chi connectivity index (χ2n) is 6.55. The summed E-state index contributed by atoms with van der Waals surface area (Å²) < 4.78 is 5.21. The Morgan fingerprint density at radius 2 is 2.25 bits per heavy atom. The lowest BCUT2D eigenvalue weighted by Gasteiger charge is -2.23. The lowest BCUT2D eigenvalue weighted by atomic mass is 9.90. The molecule has 5 nitrogen and oxygen atoms in total. The van der Waals surface area contributed by atoms with Crippen LogP contribution in [0, 0.1) is 12.8 Å². The molecule has 126 valence electrons. The van der Waals surface area contributed by atoms with Gasteiger partial charge in [-0.15, -0.1) is 11.3 Å². The number of benzene rings is 1. The molecule has 1 amide bonds. The summed E-state index contributed by atoms with van der Waals surface area (Å²) in [5.74, 6) is -0.919. The van der Waals surface area contributed by atoms with E-state index in [0.717, 1.165) is 21.8 Å². The quantitative estimate of drug-likeness (QED) is 0.866. The number of carbonyl (C=O) groups is 2. The summed E-state index contributed by atoms with van der Waals surface area (Å²) in [6, 6.07) is 7.96. The van der Waals surface area contributed by atoms with Crippen LogP contribution < -0.4 is 5.32 Å². The zero-order chi connectivity index (χ0) is 17.3. The van der Waals surface area contributed by atoms with E-state index >= 15 is 0 Å². The first-order valence-corrected chi connectivity index (χ1v) is 8.74. The predicted molar refractivity (Wildman–Crippen MR) is 92.4 cm³/mol. The number of cyclic esters (lactones) is 1. The van der Waals surface area contributed by atoms with Crippen LogP contribution in [-0.2, 0) is 20.9 Å². The first-order valence-electron chi connectivity index (χ1n) is 7.86. The van der Waals surface area contributed by atoms with Gasteiger partial charge in [0.1, 0.15) is 10.6 Å². The third-order valence-electron chi connectivity index (χ3n) is 4.16. The number of aromatic nitrogens is 1. The van der Waals surface area contributed by atoms with Crippen molar-refractivity contribution in [3.63, 3.8) is 0 Å². The molecule has 1 N–H and O–H groups in total. The fourth-order valence-corrected chi connectivity index (χ4v) is 3.63. The number of esters is 1. The number of carbonyl (C=O) groups excluding carboxylic acids is 2. The first kappa shape index (κ1) is 16.6. The number of thiazole rings is 1. The smallest absolute Gasteiger partial charge is 0.307 e. The summed E-state index contributed by atoms with van der Waals surface area (Å²) in [4.78, 5) is 28.3. The predicted octanol–water partition coefficient (Wildman–Crippen LogP) is 3.08. The summed E-state index contributed by atoms with van der Waals surface area (Å²) in [7, 11) is 0. The Hall–Kier alpha value is -2.21. The highest BCUT2D eigenvalue weighted by Crippen LogP contribution is 2.32. The molecular weight excluding hydrogens is 324 g/mol. The van der Waals surface area contributed by atoms with E-state index in [-0.39, 0.29) is 18.3 Å². The maximum absolute atomic E-state index is 12.4. The van der Waals surface area contributed by atoms with Crippen LogP contribution in [0.3, 0.4) is 0 Å². The van der Waals surface area contributed by atoms with Gasteiger partial charge in [0.2, 0.25) is 5.91 Å². The average Bonchev–Trinajstić information content (AvgIpc) is 3.07. The van der Waals surface area contributed by atoms with E-state index in [1.165, 1.54) is 0 Å². The topological polar surface area (TPSA) is 68.3 Å². The van der Waals surface area contributed by atoms with Crippen molar-refractivity contribution in [1.82, 2.24) is 10.3 Å². The SMILES string of the molecule is Cc1csc(-c2cccc(CNC(=O)[C@@H]3CC(=O)OC3(C)C)c2)n1. The maximum Gasteiger partial charge on any atom is 0.307 e. The van der Waals surface area contributed by atoms with Crippen molar-refractivity contribution >= 4 is 23.2 Å². The van der Waals surface area contributed by atoms with Crippen molar-refractivity contribution in [3.05, 3.63) is 40.9 Å². The fourth-order valence-electron chi connectivity index (χ4n) is 2.84. The van der Waals surface area contributed by atoms with Crippen LogP contribution in [0.1, 0.15) is 31.5 Å². The van der Waals surface area contributed by atoms with Gasteiger partial charge in [-0.2, -0.15) is 0 Å². The molecule has 1 saturated heterocycles. The van der Waals surface area contributed by atoms with Gasteiger partial charge in [0, 0.05) is 23.2 Å². The Morgan fingerprint density at radius 3 is 2.88 bits per heavy atom. The number of nitrogens with one attached hydrogen (secondary N) is 1. The van der Waals surface area contributed by atoms with Crippen molar-refractivity contribution in [2.45, 2.75) is 39.3 Å². The normalized spacial score (nSPS) is 19.1. The second kappa shape index (κ2) is 6.36. The Balaban J connectivity index is 1.67. The van der Waals surface area contributed by atoms with Crippen LogP contribution in [0.15, 0.2) is 29.6 Å². The maximum atomic E-state index is 12.4. The molecule has 1 aliphatic rings. The van der Waals surface area contributed by atoms with Crippen molar-refractivity contribution in [3.8, 4) is 10.6 Å². The molecule has 0 spiro atoms. The van der Waals surface area contributed by atoms with Gasteiger partial charge < -0.3 is 10.1 Å². The molecule has 0 radical (unpaired) electrons. The van der Waals surface area contributed by atoms with Gasteiger partial charge in [-0.1, -0.05) is 18.2 Å². The van der Waals surface area contributed by atoms with Gasteiger partial charge in [0.05, 0.1) is 12.3 Å². The Bertz CT molecular complexity index is 782. The third-order valence-corrected chi connectivity index (χ3v) is 5.17. The van der Waals surface area contributed by atoms with Gasteiger partial charge >= 0.3 is 5.97 Å². The number of hydrogen-bond acceptors (Lipinski definition) is 5. The molecular formula is C18H20N2O3S. The zero-order valence-corrected chi connectivity index (χ0v) is 14.8. The molecule has 24 heavy (non-hydrogen) atoms. The number of nitrogens with zero attached hydrogens (tertiary/aromatic N) is 1. The molecule has 0 saturated carbocycles. The third kappa shape index (κ3) is 3.48. The fraction of sp³-hybridized carbons (Fsp3) is 0.389. The number of aryl methyl sites for hydroxylation is 1. The highest BCUT2D eigenvalue weighted by atomic mass is 32.1. The van der Waals surface area contributed by atoms with Gasteiger partial charge in [-0.3, -0.25) is 9.59 Å². The summed E-state index contributed by atoms with van der Waals surface area (Å²) in [6.45, 7) is 5.93. The van der Waals surface area contributed by atoms with E-state index in [9.17, 15) is 9.59 Å². The van der Waals surface area contributed by atoms with Crippen molar-refractivity contribution in [2.75, 3.05) is 0 Å². The molecule has 0 aliphatic carbocycles. The van der Waals surface area contributed by atoms with Gasteiger partial charge in [-0.05, 0) is 32.4 Å². The highest BCUT2D eigenvalue weighted by molar-refractivity contribution is 7.13. The van der Waals surface area contributed by atoms with E-state index in [0.29, 0.717) is 6.54 Å². The Morgan fingerprint density at radius 1 is 1.46 bits per heavy atom. The molecule has 1 aromatic heterocycles. The number of ether oxygens (including phenoxy) is 1. The van der Waals surface area contributed by atoms with E-state index in [2.05, 4.69) is 10.3 Å². The minimum absolute atomic E-state index is 0.136. The van der Waals surface area contributed by atoms with Crippen molar-refractivity contribution in [2.24, 2.45) is 5.92 Å². The summed E-state index contributed by atoms with van der Waals surface area (Å²) >= 11 is 1.60. The van der Waals surface area contributed by atoms with Crippen LogP contribution >= 0.6 is 11.3 Å². The molecule has 2 aromatic rings. The summed E-state index contributed by atoms with van der Waals surface area (Å²) in [5.41, 5.74) is 2.29. The average molecular weight is 344 g/mol. The van der Waals surface area contributed by atoms with Crippen molar-refractivity contribution < 1.29 is 14.3 Å². The molecule has 0 unspecified atom stereocenters. The van der Waals surface area contributed by atoms with E-state index in [4.69, 9.17) is 4.74 Å². The van der Waals surface area contributed by atoms with Gasteiger partial charge in [0.25, 0.3) is 0 Å². The van der Waals surface area contributed by atoms with Crippen molar-refractivity contribution in [1.29, 1.82) is 0 Å². The highest BCUT2D eigenvalue weighted by Gasteiger charge is 2.45. The van der Waals surface area contributed by atoms with Crippen LogP contribution in [0.4, 0.5) is 0 Å². The molecule has 1 atom stereocenters. The monoisotopic (exact) mass is 344 g/mol. The molecule has 1 aliphatic heterocycles. The van der Waals surface area contributed by atoms with Crippen LogP contribution in [-0.4, -0.2) is 22.5 Å². The second-order valence-corrected chi connectivity index (χ2v) is 7.40. The lowest BCUT2D eigenvalue weighted by molar-refractivity contribution is -0.147. The van der Waals surface area contributed by atoms with Crippen LogP contribution in [0.25, 0.3) is 10.6 Å². The van der Waals surface area contributed by atoms with E-state index in [1.54, 1.807) is 25.2 Å². The van der Waals surface area contributed by atoms with E-state index < -0.39 is 11.5 Å². The number of amides is 1. The van der Waals surface area contributed by atoms with E-state index in [1.807, 2.05) is 36.6 Å². The summed E-state index contributed by atoms with van der Waals surface area (Å²) in [5, 5.41) is 5.90. The summed E-state index contributed by atoms with van der Waals surface area (Å²) in [6.07, 6.45) is 0.136. The van der Waals surface area contributed by atoms with Gasteiger partial charge in [0.15, 0.2) is 0 Å². The Kier molecular flexibility index (Phi) is 4.41. The molecule has 2 heterocycles. The number of rotatable bonds is 4. The zero-order valence-electron chi connectivity index (χ0n) is 14.0.